The van der Waals surface area contributed by atoms with E-state index in [9.17, 15) is 14.4 Å². The van der Waals surface area contributed by atoms with Crippen molar-refractivity contribution in [2.45, 2.75) is 13.5 Å². The molecule has 182 valence electrons. The number of ether oxygens (including phenoxy) is 4. The average Bonchev–Trinajstić information content (AvgIpc) is 2.87. The number of benzene rings is 3. The maximum atomic E-state index is 13.0. The summed E-state index contributed by atoms with van der Waals surface area (Å²) in [6, 6.07) is 16.1. The Kier molecular flexibility index (Phi) is 8.69. The fraction of sp³-hybridized carbons (Fsp3) is 0.192. The second kappa shape index (κ2) is 11.9. The van der Waals surface area contributed by atoms with Gasteiger partial charge in [0.1, 0.15) is 18.1 Å². The number of hydrogen-bond acceptors (Lipinski definition) is 7. The highest BCUT2D eigenvalue weighted by molar-refractivity contribution is 6.32. The van der Waals surface area contributed by atoms with Crippen LogP contribution in [0.1, 0.15) is 43.6 Å². The first-order valence-corrected chi connectivity index (χ1v) is 11.0. The quantitative estimate of drug-likeness (QED) is 0.408. The first-order valence-electron chi connectivity index (χ1n) is 10.6. The molecule has 8 nitrogen and oxygen atoms in total. The average molecular weight is 498 g/mol. The van der Waals surface area contributed by atoms with Crippen LogP contribution in [0, 0.1) is 0 Å². The zero-order valence-corrected chi connectivity index (χ0v) is 20.2. The summed E-state index contributed by atoms with van der Waals surface area (Å²) in [4.78, 5) is 37.1. The van der Waals surface area contributed by atoms with Crippen molar-refractivity contribution in [2.24, 2.45) is 0 Å². The van der Waals surface area contributed by atoms with Gasteiger partial charge in [-0.1, -0.05) is 23.7 Å². The van der Waals surface area contributed by atoms with E-state index in [-0.39, 0.29) is 23.4 Å². The molecule has 0 saturated heterocycles. The molecule has 35 heavy (non-hydrogen) atoms. The molecule has 0 aliphatic heterocycles. The van der Waals surface area contributed by atoms with E-state index in [0.717, 1.165) is 0 Å². The summed E-state index contributed by atoms with van der Waals surface area (Å²) >= 11 is 6.17. The summed E-state index contributed by atoms with van der Waals surface area (Å²) in [5.41, 5.74) is 1.35. The van der Waals surface area contributed by atoms with Gasteiger partial charge in [0.25, 0.3) is 5.91 Å². The Hall–Kier alpha value is -4.04. The van der Waals surface area contributed by atoms with Crippen LogP contribution < -0.4 is 14.8 Å². The highest BCUT2D eigenvalue weighted by Gasteiger charge is 2.17. The van der Waals surface area contributed by atoms with Crippen LogP contribution in [0.25, 0.3) is 0 Å². The Morgan fingerprint density at radius 2 is 1.46 bits per heavy atom. The normalized spacial score (nSPS) is 10.3. The van der Waals surface area contributed by atoms with Gasteiger partial charge in [-0.05, 0) is 55.5 Å². The molecule has 1 amide bonds. The number of nitrogens with one attached hydrogen (secondary N) is 1. The molecule has 0 heterocycles. The Balaban J connectivity index is 1.87. The standard InChI is InChI=1S/C26H24ClNO7/c1-4-34-22-10-9-16(11-19(22)15-35-23-8-6-5-7-21(23)27)24(29)28-20-13-17(25(30)32-2)12-18(14-20)26(31)33-3/h5-14H,4,15H2,1-3H3,(H,28,29). The molecule has 3 aromatic rings. The molecule has 3 aromatic carbocycles. The van der Waals surface area contributed by atoms with Crippen LogP contribution in [0.4, 0.5) is 5.69 Å². The number of anilines is 1. The van der Waals surface area contributed by atoms with E-state index in [1.165, 1.54) is 32.4 Å². The van der Waals surface area contributed by atoms with Gasteiger partial charge in [0.2, 0.25) is 0 Å². The molecule has 0 fully saturated rings. The molecule has 0 atom stereocenters. The molecule has 3 rings (SSSR count). The van der Waals surface area contributed by atoms with Gasteiger partial charge in [-0.15, -0.1) is 0 Å². The molecule has 0 spiro atoms. The van der Waals surface area contributed by atoms with Gasteiger partial charge in [-0.25, -0.2) is 9.59 Å². The van der Waals surface area contributed by atoms with Crippen molar-refractivity contribution < 1.29 is 33.3 Å². The number of amides is 1. The molecule has 0 radical (unpaired) electrons. The first-order chi connectivity index (χ1) is 16.9. The molecule has 0 unspecified atom stereocenters. The first kappa shape index (κ1) is 25.6. The Morgan fingerprint density at radius 1 is 0.800 bits per heavy atom. The molecule has 0 bridgehead atoms. The molecule has 0 aliphatic carbocycles. The number of methoxy groups -OCH3 is 2. The minimum Gasteiger partial charge on any atom is -0.493 e. The van der Waals surface area contributed by atoms with Gasteiger partial charge >= 0.3 is 11.9 Å². The van der Waals surface area contributed by atoms with Crippen LogP contribution >= 0.6 is 11.6 Å². The van der Waals surface area contributed by atoms with Gasteiger partial charge in [0.05, 0.1) is 37.0 Å². The molecule has 0 aliphatic rings. The summed E-state index contributed by atoms with van der Waals surface area (Å²) in [7, 11) is 2.44. The fourth-order valence-electron chi connectivity index (χ4n) is 3.22. The highest BCUT2D eigenvalue weighted by Crippen LogP contribution is 2.27. The fourth-order valence-corrected chi connectivity index (χ4v) is 3.41. The van der Waals surface area contributed by atoms with Crippen molar-refractivity contribution >= 4 is 35.1 Å². The maximum Gasteiger partial charge on any atom is 0.337 e. The van der Waals surface area contributed by atoms with Gasteiger partial charge in [0.15, 0.2) is 0 Å². The molecular weight excluding hydrogens is 474 g/mol. The number of rotatable bonds is 9. The van der Waals surface area contributed by atoms with Crippen molar-refractivity contribution in [3.8, 4) is 11.5 Å². The smallest absolute Gasteiger partial charge is 0.337 e. The van der Waals surface area contributed by atoms with Gasteiger partial charge in [-0.3, -0.25) is 4.79 Å². The number of para-hydroxylation sites is 1. The van der Waals surface area contributed by atoms with Gasteiger partial charge < -0.3 is 24.3 Å². The van der Waals surface area contributed by atoms with Crippen LogP contribution in [0.15, 0.2) is 60.7 Å². The Morgan fingerprint density at radius 3 is 2.06 bits per heavy atom. The summed E-state index contributed by atoms with van der Waals surface area (Å²) in [6.07, 6.45) is 0. The maximum absolute atomic E-state index is 13.0. The van der Waals surface area contributed by atoms with E-state index in [0.29, 0.717) is 34.3 Å². The molecule has 9 heteroatoms. The van der Waals surface area contributed by atoms with E-state index in [4.69, 9.17) is 30.5 Å². The Labute approximate surface area is 207 Å². The lowest BCUT2D eigenvalue weighted by atomic mass is 10.1. The van der Waals surface area contributed by atoms with Crippen LogP contribution in [-0.4, -0.2) is 38.7 Å². The topological polar surface area (TPSA) is 100 Å². The van der Waals surface area contributed by atoms with Crippen molar-refractivity contribution in [1.29, 1.82) is 0 Å². The lowest BCUT2D eigenvalue weighted by Crippen LogP contribution is -2.15. The van der Waals surface area contributed by atoms with Crippen molar-refractivity contribution in [1.82, 2.24) is 0 Å². The van der Waals surface area contributed by atoms with Crippen molar-refractivity contribution in [3.63, 3.8) is 0 Å². The van der Waals surface area contributed by atoms with Crippen LogP contribution in [0.2, 0.25) is 5.02 Å². The van der Waals surface area contributed by atoms with Crippen molar-refractivity contribution in [3.05, 3.63) is 87.9 Å². The summed E-state index contributed by atoms with van der Waals surface area (Å²) in [6.45, 7) is 2.40. The number of carbonyl (C=O) groups is 3. The third kappa shape index (κ3) is 6.51. The minimum absolute atomic E-state index is 0.0891. The van der Waals surface area contributed by atoms with E-state index in [1.54, 1.807) is 42.5 Å². The minimum atomic E-state index is -0.661. The molecule has 1 N–H and O–H groups in total. The third-order valence-corrected chi connectivity index (χ3v) is 5.19. The second-order valence-electron chi connectivity index (χ2n) is 7.21. The van der Waals surface area contributed by atoms with E-state index < -0.39 is 17.8 Å². The van der Waals surface area contributed by atoms with E-state index in [1.807, 2.05) is 6.92 Å². The van der Waals surface area contributed by atoms with Gasteiger partial charge in [-0.2, -0.15) is 0 Å². The molecule has 0 aromatic heterocycles. The summed E-state index contributed by atoms with van der Waals surface area (Å²) < 4.78 is 21.0. The molecular formula is C26H24ClNO7. The summed E-state index contributed by atoms with van der Waals surface area (Å²) in [5.74, 6) is -0.722. The van der Waals surface area contributed by atoms with E-state index >= 15 is 0 Å². The summed E-state index contributed by atoms with van der Waals surface area (Å²) in [5, 5.41) is 3.17. The number of halogens is 1. The number of carbonyl (C=O) groups excluding carboxylic acids is 3. The largest absolute Gasteiger partial charge is 0.493 e. The molecule has 0 saturated carbocycles. The van der Waals surface area contributed by atoms with E-state index in [2.05, 4.69) is 5.32 Å². The SMILES string of the molecule is CCOc1ccc(C(=O)Nc2cc(C(=O)OC)cc(C(=O)OC)c2)cc1COc1ccccc1Cl. The third-order valence-electron chi connectivity index (χ3n) is 4.88. The highest BCUT2D eigenvalue weighted by atomic mass is 35.5. The predicted molar refractivity (Wildman–Crippen MR) is 130 cm³/mol. The predicted octanol–water partition coefficient (Wildman–Crippen LogP) is 5.14. The Bertz CT molecular complexity index is 1210. The van der Waals surface area contributed by atoms with Crippen LogP contribution in [0.5, 0.6) is 11.5 Å². The number of hydrogen-bond donors (Lipinski definition) is 1. The lowest BCUT2D eigenvalue weighted by Gasteiger charge is -2.14. The monoisotopic (exact) mass is 497 g/mol. The lowest BCUT2D eigenvalue weighted by molar-refractivity contribution is 0.0599. The van der Waals surface area contributed by atoms with Crippen LogP contribution in [0.3, 0.4) is 0 Å². The van der Waals surface area contributed by atoms with Gasteiger partial charge in [0, 0.05) is 16.8 Å². The zero-order valence-electron chi connectivity index (χ0n) is 19.4. The van der Waals surface area contributed by atoms with Crippen LogP contribution in [-0.2, 0) is 16.1 Å². The number of esters is 2. The van der Waals surface area contributed by atoms with Crippen molar-refractivity contribution in [2.75, 3.05) is 26.1 Å². The second-order valence-corrected chi connectivity index (χ2v) is 7.62. The zero-order chi connectivity index (χ0) is 25.4.